The van der Waals surface area contributed by atoms with Gasteiger partial charge in [0.15, 0.2) is 0 Å². The second kappa shape index (κ2) is 3.82. The van der Waals surface area contributed by atoms with Crippen LogP contribution >= 0.6 is 11.6 Å². The molecule has 1 aromatic rings. The molecule has 0 saturated carbocycles. The quantitative estimate of drug-likeness (QED) is 0.779. The number of nitrogens with one attached hydrogen (secondary N) is 1. The van der Waals surface area contributed by atoms with Gasteiger partial charge in [-0.3, -0.25) is 0 Å². The van der Waals surface area contributed by atoms with E-state index in [9.17, 15) is 0 Å². The Hall–Kier alpha value is -0.690. The summed E-state index contributed by atoms with van der Waals surface area (Å²) >= 11 is 6.12. The SMILES string of the molecule is CCC(C)C1CNc2c(Cl)cccc21. The van der Waals surface area contributed by atoms with Gasteiger partial charge in [-0.1, -0.05) is 44.0 Å². The first-order valence-corrected chi connectivity index (χ1v) is 5.64. The smallest absolute Gasteiger partial charge is 0.0640 e. The van der Waals surface area contributed by atoms with E-state index in [1.165, 1.54) is 12.0 Å². The number of halogens is 1. The lowest BCUT2D eigenvalue weighted by Gasteiger charge is -2.17. The minimum atomic E-state index is 0.633. The van der Waals surface area contributed by atoms with Crippen molar-refractivity contribution in [2.75, 3.05) is 11.9 Å². The summed E-state index contributed by atoms with van der Waals surface area (Å²) in [5, 5.41) is 4.26. The van der Waals surface area contributed by atoms with Gasteiger partial charge in [0.1, 0.15) is 0 Å². The summed E-state index contributed by atoms with van der Waals surface area (Å²) in [6.07, 6.45) is 1.22. The number of fused-ring (bicyclic) bond motifs is 1. The molecule has 0 bridgehead atoms. The minimum absolute atomic E-state index is 0.633. The molecule has 0 aromatic heterocycles. The van der Waals surface area contributed by atoms with Crippen molar-refractivity contribution >= 4 is 17.3 Å². The molecular weight excluding hydrogens is 194 g/mol. The third-order valence-electron chi connectivity index (χ3n) is 3.27. The van der Waals surface area contributed by atoms with Gasteiger partial charge < -0.3 is 5.32 Å². The molecule has 2 heteroatoms. The Morgan fingerprint density at radius 1 is 1.57 bits per heavy atom. The number of hydrogen-bond acceptors (Lipinski definition) is 1. The van der Waals surface area contributed by atoms with Crippen LogP contribution in [0.3, 0.4) is 0 Å². The topological polar surface area (TPSA) is 12.0 Å². The van der Waals surface area contributed by atoms with Gasteiger partial charge in [0.2, 0.25) is 0 Å². The average molecular weight is 210 g/mol. The monoisotopic (exact) mass is 209 g/mol. The van der Waals surface area contributed by atoms with Crippen LogP contribution in [0.25, 0.3) is 0 Å². The summed E-state index contributed by atoms with van der Waals surface area (Å²) in [6, 6.07) is 6.19. The lowest BCUT2D eigenvalue weighted by atomic mass is 9.87. The number of rotatable bonds is 2. The molecule has 2 rings (SSSR count). The molecular formula is C12H16ClN. The van der Waals surface area contributed by atoms with Crippen LogP contribution < -0.4 is 5.32 Å². The number of para-hydroxylation sites is 1. The van der Waals surface area contributed by atoms with Gasteiger partial charge in [-0.25, -0.2) is 0 Å². The third kappa shape index (κ3) is 1.50. The van der Waals surface area contributed by atoms with E-state index in [1.54, 1.807) is 0 Å². The van der Waals surface area contributed by atoms with Crippen LogP contribution in [0.1, 0.15) is 31.7 Å². The Bertz CT molecular complexity index is 335. The summed E-state index contributed by atoms with van der Waals surface area (Å²) in [7, 11) is 0. The normalized spacial score (nSPS) is 21.5. The predicted octanol–water partition coefficient (Wildman–Crippen LogP) is 3.90. The highest BCUT2D eigenvalue weighted by atomic mass is 35.5. The Kier molecular flexibility index (Phi) is 2.69. The number of benzene rings is 1. The molecule has 1 nitrogen and oxygen atoms in total. The maximum absolute atomic E-state index is 6.12. The second-order valence-electron chi connectivity index (χ2n) is 4.08. The van der Waals surface area contributed by atoms with Gasteiger partial charge in [-0.15, -0.1) is 0 Å². The summed E-state index contributed by atoms with van der Waals surface area (Å²) in [5.74, 6) is 1.36. The molecule has 76 valence electrons. The largest absolute Gasteiger partial charge is 0.383 e. The van der Waals surface area contributed by atoms with Gasteiger partial charge >= 0.3 is 0 Å². The molecule has 14 heavy (non-hydrogen) atoms. The van der Waals surface area contributed by atoms with Crippen LogP contribution in [-0.2, 0) is 0 Å². The van der Waals surface area contributed by atoms with E-state index in [-0.39, 0.29) is 0 Å². The first kappa shape index (κ1) is 9.85. The molecule has 0 saturated heterocycles. The molecule has 1 aromatic carbocycles. The van der Waals surface area contributed by atoms with E-state index >= 15 is 0 Å². The van der Waals surface area contributed by atoms with E-state index in [4.69, 9.17) is 11.6 Å². The average Bonchev–Trinajstić information content (AvgIpc) is 2.62. The van der Waals surface area contributed by atoms with Crippen molar-refractivity contribution < 1.29 is 0 Å². The highest BCUT2D eigenvalue weighted by Gasteiger charge is 2.27. The standard InChI is InChI=1S/C12H16ClN/c1-3-8(2)10-7-14-12-9(10)5-4-6-11(12)13/h4-6,8,10,14H,3,7H2,1-2H3. The summed E-state index contributed by atoms with van der Waals surface area (Å²) in [5.41, 5.74) is 2.55. The van der Waals surface area contributed by atoms with Crippen LogP contribution in [0.4, 0.5) is 5.69 Å². The van der Waals surface area contributed by atoms with E-state index in [2.05, 4.69) is 25.2 Å². The highest BCUT2D eigenvalue weighted by molar-refractivity contribution is 6.33. The molecule has 0 spiro atoms. The first-order chi connectivity index (χ1) is 6.74. The molecule has 0 fully saturated rings. The van der Waals surface area contributed by atoms with Crippen molar-refractivity contribution in [3.8, 4) is 0 Å². The van der Waals surface area contributed by atoms with Crippen molar-refractivity contribution in [3.05, 3.63) is 28.8 Å². The fourth-order valence-electron chi connectivity index (χ4n) is 2.15. The van der Waals surface area contributed by atoms with Crippen LogP contribution in [0.15, 0.2) is 18.2 Å². The van der Waals surface area contributed by atoms with Crippen LogP contribution in [0.2, 0.25) is 5.02 Å². The van der Waals surface area contributed by atoms with Crippen LogP contribution in [0, 0.1) is 5.92 Å². The third-order valence-corrected chi connectivity index (χ3v) is 3.59. The molecule has 2 atom stereocenters. The lowest BCUT2D eigenvalue weighted by molar-refractivity contribution is 0.472. The van der Waals surface area contributed by atoms with Gasteiger partial charge in [0, 0.05) is 12.5 Å². The maximum atomic E-state index is 6.12. The molecule has 1 aliphatic heterocycles. The summed E-state index contributed by atoms with van der Waals surface area (Å²) in [6.45, 7) is 5.59. The van der Waals surface area contributed by atoms with Crippen molar-refractivity contribution in [1.29, 1.82) is 0 Å². The lowest BCUT2D eigenvalue weighted by Crippen LogP contribution is -2.10. The molecule has 1 aliphatic rings. The zero-order valence-electron chi connectivity index (χ0n) is 8.68. The minimum Gasteiger partial charge on any atom is -0.383 e. The van der Waals surface area contributed by atoms with Crippen LogP contribution in [-0.4, -0.2) is 6.54 Å². The molecule has 0 radical (unpaired) electrons. The second-order valence-corrected chi connectivity index (χ2v) is 4.48. The fourth-order valence-corrected chi connectivity index (χ4v) is 2.40. The zero-order valence-corrected chi connectivity index (χ0v) is 9.43. The first-order valence-electron chi connectivity index (χ1n) is 5.26. The van der Waals surface area contributed by atoms with E-state index in [1.807, 2.05) is 12.1 Å². The van der Waals surface area contributed by atoms with Crippen LogP contribution in [0.5, 0.6) is 0 Å². The summed E-state index contributed by atoms with van der Waals surface area (Å²) in [4.78, 5) is 0. The number of hydrogen-bond donors (Lipinski definition) is 1. The van der Waals surface area contributed by atoms with Crippen molar-refractivity contribution in [2.24, 2.45) is 5.92 Å². The zero-order chi connectivity index (χ0) is 10.1. The molecule has 0 amide bonds. The summed E-state index contributed by atoms with van der Waals surface area (Å²) < 4.78 is 0. The highest BCUT2D eigenvalue weighted by Crippen LogP contribution is 2.40. The molecule has 2 unspecified atom stereocenters. The molecule has 0 aliphatic carbocycles. The van der Waals surface area contributed by atoms with Crippen molar-refractivity contribution in [2.45, 2.75) is 26.2 Å². The van der Waals surface area contributed by atoms with Gasteiger partial charge in [0.05, 0.1) is 10.7 Å². The molecule has 1 heterocycles. The number of anilines is 1. The fraction of sp³-hybridized carbons (Fsp3) is 0.500. The van der Waals surface area contributed by atoms with Gasteiger partial charge in [0.25, 0.3) is 0 Å². The predicted molar refractivity (Wildman–Crippen MR) is 62.1 cm³/mol. The van der Waals surface area contributed by atoms with E-state index < -0.39 is 0 Å². The Balaban J connectivity index is 2.35. The Labute approximate surface area is 90.5 Å². The van der Waals surface area contributed by atoms with Crippen molar-refractivity contribution in [3.63, 3.8) is 0 Å². The Morgan fingerprint density at radius 3 is 3.07 bits per heavy atom. The van der Waals surface area contributed by atoms with Gasteiger partial charge in [-0.05, 0) is 17.5 Å². The van der Waals surface area contributed by atoms with E-state index in [0.717, 1.165) is 23.2 Å². The maximum Gasteiger partial charge on any atom is 0.0640 e. The van der Waals surface area contributed by atoms with E-state index in [0.29, 0.717) is 5.92 Å². The Morgan fingerprint density at radius 2 is 2.36 bits per heavy atom. The molecule has 1 N–H and O–H groups in total. The van der Waals surface area contributed by atoms with Crippen molar-refractivity contribution in [1.82, 2.24) is 0 Å². The van der Waals surface area contributed by atoms with Gasteiger partial charge in [-0.2, -0.15) is 0 Å².